The van der Waals surface area contributed by atoms with Crippen LogP contribution in [-0.4, -0.2) is 34.9 Å². The molecule has 1 fully saturated rings. The monoisotopic (exact) mass is 287 g/mol. The second-order valence-electron chi connectivity index (χ2n) is 5.48. The molecule has 1 aliphatic rings. The van der Waals surface area contributed by atoms with E-state index in [1.54, 1.807) is 12.1 Å². The minimum Gasteiger partial charge on any atom is -0.391 e. The molecule has 0 saturated heterocycles. The molecule has 2 rings (SSSR count). The average molecular weight is 287 g/mol. The summed E-state index contributed by atoms with van der Waals surface area (Å²) in [7, 11) is 0. The van der Waals surface area contributed by atoms with Gasteiger partial charge in [-0.15, -0.1) is 0 Å². The summed E-state index contributed by atoms with van der Waals surface area (Å²) in [5.74, 6) is 5.21. The molecule has 1 aromatic carbocycles. The van der Waals surface area contributed by atoms with Crippen LogP contribution in [0, 0.1) is 18.8 Å². The van der Waals surface area contributed by atoms with Crippen LogP contribution in [0.3, 0.4) is 0 Å². The number of hydrogen-bond acceptors (Lipinski definition) is 3. The van der Waals surface area contributed by atoms with Crippen LogP contribution in [0.1, 0.15) is 47.2 Å². The number of aryl methyl sites for hydroxylation is 1. The Bertz CT molecular complexity index is 571. The molecule has 3 N–H and O–H groups in total. The number of amides is 1. The first kappa shape index (κ1) is 15.6. The Balaban J connectivity index is 2.13. The van der Waals surface area contributed by atoms with Crippen LogP contribution in [0.2, 0.25) is 0 Å². The largest absolute Gasteiger partial charge is 0.391 e. The fourth-order valence-electron chi connectivity index (χ4n) is 2.66. The Morgan fingerprint density at radius 3 is 2.81 bits per heavy atom. The molecule has 0 aliphatic heterocycles. The highest BCUT2D eigenvalue weighted by atomic mass is 16.3. The fourth-order valence-corrected chi connectivity index (χ4v) is 2.66. The summed E-state index contributed by atoms with van der Waals surface area (Å²) in [6.07, 6.45) is 3.14. The van der Waals surface area contributed by atoms with Crippen molar-refractivity contribution in [1.29, 1.82) is 0 Å². The first-order valence-corrected chi connectivity index (χ1v) is 7.30. The highest BCUT2D eigenvalue weighted by Gasteiger charge is 2.24. The molecule has 2 atom stereocenters. The zero-order chi connectivity index (χ0) is 15.2. The van der Waals surface area contributed by atoms with Gasteiger partial charge in [0.05, 0.1) is 12.1 Å². The molecule has 0 bridgehead atoms. The van der Waals surface area contributed by atoms with E-state index in [0.29, 0.717) is 11.1 Å². The van der Waals surface area contributed by atoms with Gasteiger partial charge in [0.15, 0.2) is 0 Å². The Hall–Kier alpha value is -1.83. The van der Waals surface area contributed by atoms with Crippen molar-refractivity contribution in [3.8, 4) is 11.8 Å². The van der Waals surface area contributed by atoms with Crippen molar-refractivity contribution in [3.05, 3.63) is 34.9 Å². The Kier molecular flexibility index (Phi) is 5.38. The van der Waals surface area contributed by atoms with Crippen molar-refractivity contribution in [2.24, 2.45) is 0 Å². The molecule has 0 radical (unpaired) electrons. The zero-order valence-electron chi connectivity index (χ0n) is 12.2. The Morgan fingerprint density at radius 2 is 2.10 bits per heavy atom. The zero-order valence-corrected chi connectivity index (χ0v) is 12.2. The number of aliphatic hydroxyl groups excluding tert-OH is 2. The number of nitrogens with one attached hydrogen (secondary N) is 1. The van der Waals surface area contributed by atoms with E-state index in [4.69, 9.17) is 5.11 Å². The fraction of sp³-hybridized carbons (Fsp3) is 0.471. The van der Waals surface area contributed by atoms with E-state index in [0.717, 1.165) is 31.2 Å². The molecule has 1 aliphatic carbocycles. The molecule has 21 heavy (non-hydrogen) atoms. The number of hydrogen-bond donors (Lipinski definition) is 3. The predicted molar refractivity (Wildman–Crippen MR) is 80.9 cm³/mol. The summed E-state index contributed by atoms with van der Waals surface area (Å²) in [6, 6.07) is 5.21. The maximum atomic E-state index is 12.3. The molecule has 0 spiro atoms. The van der Waals surface area contributed by atoms with Crippen LogP contribution in [0.25, 0.3) is 0 Å². The minimum absolute atomic E-state index is 0.168. The lowest BCUT2D eigenvalue weighted by Gasteiger charge is -2.28. The van der Waals surface area contributed by atoms with Crippen LogP contribution in [0.5, 0.6) is 0 Å². The molecular weight excluding hydrogens is 266 g/mol. The van der Waals surface area contributed by atoms with E-state index in [-0.39, 0.29) is 18.6 Å². The third-order valence-electron chi connectivity index (χ3n) is 3.70. The predicted octanol–water partition coefficient (Wildman–Crippen LogP) is 1.37. The van der Waals surface area contributed by atoms with E-state index < -0.39 is 6.10 Å². The van der Waals surface area contributed by atoms with Gasteiger partial charge in [-0.3, -0.25) is 4.79 Å². The van der Waals surface area contributed by atoms with E-state index in [1.165, 1.54) is 0 Å². The van der Waals surface area contributed by atoms with Gasteiger partial charge in [0, 0.05) is 11.1 Å². The molecule has 4 heteroatoms. The summed E-state index contributed by atoms with van der Waals surface area (Å²) in [5.41, 5.74) is 2.18. The molecule has 0 aromatic heterocycles. The second-order valence-corrected chi connectivity index (χ2v) is 5.48. The van der Waals surface area contributed by atoms with Crippen LogP contribution in [-0.2, 0) is 0 Å². The van der Waals surface area contributed by atoms with Gasteiger partial charge in [0.2, 0.25) is 0 Å². The summed E-state index contributed by atoms with van der Waals surface area (Å²) in [5, 5.41) is 21.6. The van der Waals surface area contributed by atoms with Gasteiger partial charge < -0.3 is 15.5 Å². The summed E-state index contributed by atoms with van der Waals surface area (Å²) >= 11 is 0. The quantitative estimate of drug-likeness (QED) is 0.720. The number of benzene rings is 1. The van der Waals surface area contributed by atoms with Crippen molar-refractivity contribution in [2.45, 2.75) is 44.8 Å². The maximum Gasteiger partial charge on any atom is 0.251 e. The Morgan fingerprint density at radius 1 is 1.33 bits per heavy atom. The summed E-state index contributed by atoms with van der Waals surface area (Å²) < 4.78 is 0. The van der Waals surface area contributed by atoms with Crippen molar-refractivity contribution in [3.63, 3.8) is 0 Å². The normalized spacial score (nSPS) is 21.3. The highest BCUT2D eigenvalue weighted by Crippen LogP contribution is 2.19. The maximum absolute atomic E-state index is 12.3. The smallest absolute Gasteiger partial charge is 0.251 e. The van der Waals surface area contributed by atoms with Gasteiger partial charge in [0.1, 0.15) is 6.61 Å². The number of carbonyl (C=O) groups is 1. The van der Waals surface area contributed by atoms with Gasteiger partial charge in [-0.1, -0.05) is 24.7 Å². The molecular formula is C17H21NO3. The van der Waals surface area contributed by atoms with E-state index in [2.05, 4.69) is 17.2 Å². The lowest BCUT2D eigenvalue weighted by Crippen LogP contribution is -2.45. The summed E-state index contributed by atoms with van der Waals surface area (Å²) in [4.78, 5) is 12.3. The lowest BCUT2D eigenvalue weighted by atomic mass is 9.92. The molecule has 2 unspecified atom stereocenters. The average Bonchev–Trinajstić information content (AvgIpc) is 2.47. The standard InChI is InChI=1S/C17H21NO3/c1-12-9-13(5-4-8-19)11-14(10-12)17(21)18-15-6-2-3-7-16(15)20/h9-11,15-16,19-20H,2-3,6-8H2,1H3,(H,18,21). The van der Waals surface area contributed by atoms with Gasteiger partial charge in [-0.25, -0.2) is 0 Å². The van der Waals surface area contributed by atoms with E-state index >= 15 is 0 Å². The first-order valence-electron chi connectivity index (χ1n) is 7.30. The van der Waals surface area contributed by atoms with Crippen molar-refractivity contribution >= 4 is 5.91 Å². The van der Waals surface area contributed by atoms with E-state index in [1.807, 2.05) is 13.0 Å². The van der Waals surface area contributed by atoms with Crippen molar-refractivity contribution in [2.75, 3.05) is 6.61 Å². The molecule has 1 saturated carbocycles. The molecule has 1 amide bonds. The van der Waals surface area contributed by atoms with Crippen LogP contribution in [0.4, 0.5) is 0 Å². The minimum atomic E-state index is -0.457. The van der Waals surface area contributed by atoms with Crippen molar-refractivity contribution in [1.82, 2.24) is 5.32 Å². The van der Waals surface area contributed by atoms with Gasteiger partial charge in [-0.2, -0.15) is 0 Å². The van der Waals surface area contributed by atoms with E-state index in [9.17, 15) is 9.90 Å². The summed E-state index contributed by atoms with van der Waals surface area (Å²) in [6.45, 7) is 1.69. The number of carbonyl (C=O) groups excluding carboxylic acids is 1. The number of aliphatic hydroxyl groups is 2. The van der Waals surface area contributed by atoms with Gasteiger partial charge in [0.25, 0.3) is 5.91 Å². The highest BCUT2D eigenvalue weighted by molar-refractivity contribution is 5.95. The topological polar surface area (TPSA) is 69.6 Å². The molecule has 0 heterocycles. The Labute approximate surface area is 125 Å². The third kappa shape index (κ3) is 4.32. The van der Waals surface area contributed by atoms with Gasteiger partial charge >= 0.3 is 0 Å². The van der Waals surface area contributed by atoms with Crippen LogP contribution >= 0.6 is 0 Å². The van der Waals surface area contributed by atoms with Crippen molar-refractivity contribution < 1.29 is 15.0 Å². The first-order chi connectivity index (χ1) is 10.1. The second kappa shape index (κ2) is 7.26. The van der Waals surface area contributed by atoms with Crippen LogP contribution in [0.15, 0.2) is 18.2 Å². The third-order valence-corrected chi connectivity index (χ3v) is 3.70. The molecule has 1 aromatic rings. The lowest BCUT2D eigenvalue weighted by molar-refractivity contribution is 0.0717. The van der Waals surface area contributed by atoms with Gasteiger partial charge in [-0.05, 0) is 43.5 Å². The SMILES string of the molecule is Cc1cc(C#CCO)cc(C(=O)NC2CCCCC2O)c1. The number of rotatable bonds is 2. The van der Waals surface area contributed by atoms with Crippen LogP contribution < -0.4 is 5.32 Å². The molecule has 4 nitrogen and oxygen atoms in total. The molecule has 112 valence electrons.